The van der Waals surface area contributed by atoms with Crippen LogP contribution in [0.5, 0.6) is 0 Å². The SMILES string of the molecule is COC(=O)C1CN(c2ncccc2C(N)=O)CC1C. The maximum absolute atomic E-state index is 11.7. The summed E-state index contributed by atoms with van der Waals surface area (Å²) in [5.74, 6) is -0.264. The number of primary amides is 1. The number of aromatic nitrogens is 1. The van der Waals surface area contributed by atoms with Gasteiger partial charge in [-0.1, -0.05) is 6.92 Å². The van der Waals surface area contributed by atoms with Gasteiger partial charge in [0, 0.05) is 19.3 Å². The summed E-state index contributed by atoms with van der Waals surface area (Å²) < 4.78 is 4.79. The summed E-state index contributed by atoms with van der Waals surface area (Å²) >= 11 is 0. The van der Waals surface area contributed by atoms with Crippen molar-refractivity contribution in [2.45, 2.75) is 6.92 Å². The van der Waals surface area contributed by atoms with E-state index in [1.807, 2.05) is 11.8 Å². The number of carbonyl (C=O) groups is 2. The summed E-state index contributed by atoms with van der Waals surface area (Å²) in [6, 6.07) is 3.31. The maximum atomic E-state index is 11.7. The number of amides is 1. The first-order chi connectivity index (χ1) is 9.04. The van der Waals surface area contributed by atoms with Crippen LogP contribution < -0.4 is 10.6 Å². The number of pyridine rings is 1. The number of rotatable bonds is 3. The van der Waals surface area contributed by atoms with Crippen molar-refractivity contribution in [3.05, 3.63) is 23.9 Å². The van der Waals surface area contributed by atoms with Crippen LogP contribution in [0.25, 0.3) is 0 Å². The van der Waals surface area contributed by atoms with Crippen LogP contribution >= 0.6 is 0 Å². The molecular weight excluding hydrogens is 246 g/mol. The summed E-state index contributed by atoms with van der Waals surface area (Å²) in [5.41, 5.74) is 5.72. The minimum absolute atomic E-state index is 0.148. The highest BCUT2D eigenvalue weighted by molar-refractivity contribution is 5.97. The predicted molar refractivity (Wildman–Crippen MR) is 69.6 cm³/mol. The fraction of sp³-hybridized carbons (Fsp3) is 0.462. The van der Waals surface area contributed by atoms with Crippen molar-refractivity contribution in [3.63, 3.8) is 0 Å². The molecule has 1 amide bonds. The number of nitrogens with two attached hydrogens (primary N) is 1. The lowest BCUT2D eigenvalue weighted by Gasteiger charge is -2.19. The van der Waals surface area contributed by atoms with E-state index >= 15 is 0 Å². The summed E-state index contributed by atoms with van der Waals surface area (Å²) in [6.07, 6.45) is 1.61. The molecule has 2 rings (SSSR count). The van der Waals surface area contributed by atoms with Gasteiger partial charge < -0.3 is 15.4 Å². The van der Waals surface area contributed by atoms with E-state index in [1.165, 1.54) is 7.11 Å². The van der Waals surface area contributed by atoms with Crippen molar-refractivity contribution >= 4 is 17.7 Å². The number of anilines is 1. The van der Waals surface area contributed by atoms with Crippen molar-refractivity contribution in [3.8, 4) is 0 Å². The molecule has 2 unspecified atom stereocenters. The molecule has 102 valence electrons. The van der Waals surface area contributed by atoms with E-state index in [0.29, 0.717) is 24.5 Å². The van der Waals surface area contributed by atoms with Crippen LogP contribution in [0.3, 0.4) is 0 Å². The summed E-state index contributed by atoms with van der Waals surface area (Å²) in [7, 11) is 1.38. The van der Waals surface area contributed by atoms with Gasteiger partial charge in [-0.25, -0.2) is 4.98 Å². The molecule has 2 heterocycles. The Morgan fingerprint density at radius 1 is 1.47 bits per heavy atom. The molecule has 0 bridgehead atoms. The lowest BCUT2D eigenvalue weighted by molar-refractivity contribution is -0.145. The molecule has 0 aliphatic carbocycles. The first-order valence-electron chi connectivity index (χ1n) is 6.12. The highest BCUT2D eigenvalue weighted by Gasteiger charge is 2.37. The lowest BCUT2D eigenvalue weighted by atomic mass is 9.99. The zero-order valence-electron chi connectivity index (χ0n) is 11.0. The van der Waals surface area contributed by atoms with Gasteiger partial charge in [0.25, 0.3) is 5.91 Å². The molecule has 2 N–H and O–H groups in total. The largest absolute Gasteiger partial charge is 0.469 e. The topological polar surface area (TPSA) is 85.5 Å². The Bertz CT molecular complexity index is 504. The number of nitrogens with zero attached hydrogens (tertiary/aromatic N) is 2. The molecule has 0 aromatic carbocycles. The van der Waals surface area contributed by atoms with Gasteiger partial charge in [-0.05, 0) is 18.1 Å². The van der Waals surface area contributed by atoms with Crippen LogP contribution in [0.4, 0.5) is 5.82 Å². The van der Waals surface area contributed by atoms with E-state index < -0.39 is 5.91 Å². The number of esters is 1. The fourth-order valence-corrected chi connectivity index (χ4v) is 2.44. The molecule has 1 fully saturated rings. The fourth-order valence-electron chi connectivity index (χ4n) is 2.44. The number of ether oxygens (including phenoxy) is 1. The third-order valence-corrected chi connectivity index (χ3v) is 3.47. The van der Waals surface area contributed by atoms with Gasteiger partial charge in [-0.3, -0.25) is 9.59 Å². The molecule has 1 saturated heterocycles. The van der Waals surface area contributed by atoms with E-state index in [4.69, 9.17) is 10.5 Å². The van der Waals surface area contributed by atoms with Crippen molar-refractivity contribution in [1.29, 1.82) is 0 Å². The highest BCUT2D eigenvalue weighted by Crippen LogP contribution is 2.29. The smallest absolute Gasteiger partial charge is 0.310 e. The van der Waals surface area contributed by atoms with Crippen molar-refractivity contribution in [2.75, 3.05) is 25.1 Å². The second-order valence-corrected chi connectivity index (χ2v) is 4.75. The first kappa shape index (κ1) is 13.3. The van der Waals surface area contributed by atoms with Crippen molar-refractivity contribution in [2.24, 2.45) is 17.6 Å². The normalized spacial score (nSPS) is 22.3. The molecule has 0 saturated carbocycles. The van der Waals surface area contributed by atoms with Gasteiger partial charge >= 0.3 is 5.97 Å². The number of hydrogen-bond acceptors (Lipinski definition) is 5. The second kappa shape index (κ2) is 5.26. The zero-order chi connectivity index (χ0) is 14.0. The average Bonchev–Trinajstić information content (AvgIpc) is 2.79. The third kappa shape index (κ3) is 2.52. The minimum atomic E-state index is -0.516. The highest BCUT2D eigenvalue weighted by atomic mass is 16.5. The zero-order valence-corrected chi connectivity index (χ0v) is 11.0. The number of carbonyl (C=O) groups excluding carboxylic acids is 2. The van der Waals surface area contributed by atoms with Crippen molar-refractivity contribution in [1.82, 2.24) is 4.98 Å². The van der Waals surface area contributed by atoms with Crippen LogP contribution in [0.15, 0.2) is 18.3 Å². The summed E-state index contributed by atoms with van der Waals surface area (Å²) in [4.78, 5) is 29.2. The van der Waals surface area contributed by atoms with E-state index in [1.54, 1.807) is 18.3 Å². The molecular formula is C13H17N3O3. The molecule has 19 heavy (non-hydrogen) atoms. The summed E-state index contributed by atoms with van der Waals surface area (Å²) in [6.45, 7) is 3.12. The molecule has 0 spiro atoms. The van der Waals surface area contributed by atoms with E-state index in [-0.39, 0.29) is 17.8 Å². The van der Waals surface area contributed by atoms with E-state index in [2.05, 4.69) is 4.98 Å². The van der Waals surface area contributed by atoms with Gasteiger partial charge in [0.2, 0.25) is 0 Å². The van der Waals surface area contributed by atoms with E-state index in [9.17, 15) is 9.59 Å². The Kier molecular flexibility index (Phi) is 3.69. The Hall–Kier alpha value is -2.11. The van der Waals surface area contributed by atoms with Crippen LogP contribution in [-0.2, 0) is 9.53 Å². The Balaban J connectivity index is 2.25. The molecule has 6 nitrogen and oxygen atoms in total. The Morgan fingerprint density at radius 2 is 2.21 bits per heavy atom. The molecule has 1 aliphatic rings. The van der Waals surface area contributed by atoms with Crippen LogP contribution in [0, 0.1) is 11.8 Å². The predicted octanol–water partition coefficient (Wildman–Crippen LogP) is 0.426. The molecule has 1 aliphatic heterocycles. The van der Waals surface area contributed by atoms with Gasteiger partial charge in [0.1, 0.15) is 5.82 Å². The van der Waals surface area contributed by atoms with Gasteiger partial charge in [-0.15, -0.1) is 0 Å². The molecule has 0 radical (unpaired) electrons. The summed E-state index contributed by atoms with van der Waals surface area (Å²) in [5, 5.41) is 0. The maximum Gasteiger partial charge on any atom is 0.310 e. The quantitative estimate of drug-likeness (QED) is 0.799. The first-order valence-corrected chi connectivity index (χ1v) is 6.12. The Labute approximate surface area is 111 Å². The number of methoxy groups -OCH3 is 1. The Morgan fingerprint density at radius 3 is 2.84 bits per heavy atom. The standard InChI is InChI=1S/C13H17N3O3/c1-8-6-16(7-10(8)13(18)19-2)12-9(11(14)17)4-3-5-15-12/h3-5,8,10H,6-7H2,1-2H3,(H2,14,17). The third-order valence-electron chi connectivity index (χ3n) is 3.47. The van der Waals surface area contributed by atoms with Crippen LogP contribution in [-0.4, -0.2) is 37.1 Å². The second-order valence-electron chi connectivity index (χ2n) is 4.75. The molecule has 2 atom stereocenters. The van der Waals surface area contributed by atoms with Crippen LogP contribution in [0.2, 0.25) is 0 Å². The molecule has 6 heteroatoms. The van der Waals surface area contributed by atoms with Crippen molar-refractivity contribution < 1.29 is 14.3 Å². The van der Waals surface area contributed by atoms with Gasteiger partial charge in [-0.2, -0.15) is 0 Å². The number of hydrogen-bond donors (Lipinski definition) is 1. The van der Waals surface area contributed by atoms with Gasteiger partial charge in [0.15, 0.2) is 0 Å². The van der Waals surface area contributed by atoms with Crippen LogP contribution in [0.1, 0.15) is 17.3 Å². The average molecular weight is 263 g/mol. The monoisotopic (exact) mass is 263 g/mol. The molecule has 1 aromatic rings. The van der Waals surface area contributed by atoms with E-state index in [0.717, 1.165) is 0 Å². The minimum Gasteiger partial charge on any atom is -0.469 e. The molecule has 1 aromatic heterocycles. The lowest BCUT2D eigenvalue weighted by Crippen LogP contribution is -2.27. The van der Waals surface area contributed by atoms with Gasteiger partial charge in [0.05, 0.1) is 18.6 Å².